The predicted octanol–water partition coefficient (Wildman–Crippen LogP) is 5.82. The Morgan fingerprint density at radius 1 is 0.769 bits per heavy atom. The molecule has 0 spiro atoms. The Bertz CT molecular complexity index is 411. The van der Waals surface area contributed by atoms with Crippen molar-refractivity contribution in [2.75, 3.05) is 20.0 Å². The van der Waals surface area contributed by atoms with E-state index in [2.05, 4.69) is 54.6 Å². The maximum absolute atomic E-state index is 11.1. The van der Waals surface area contributed by atoms with Crippen LogP contribution < -0.4 is 0 Å². The van der Waals surface area contributed by atoms with E-state index in [1.165, 1.54) is 27.8 Å². The van der Waals surface area contributed by atoms with Gasteiger partial charge in [0.25, 0.3) is 0 Å². The van der Waals surface area contributed by atoms with Gasteiger partial charge in [-0.3, -0.25) is 0 Å². The van der Waals surface area contributed by atoms with Crippen molar-refractivity contribution in [3.05, 3.63) is 34.0 Å². The summed E-state index contributed by atoms with van der Waals surface area (Å²) in [6.45, 7) is 17.8. The molecule has 161 valence electrons. The molecule has 0 aromatic heterocycles. The minimum atomic E-state index is -5.93. The molecule has 0 heterocycles. The van der Waals surface area contributed by atoms with Gasteiger partial charge in [-0.25, -0.2) is 26.3 Å². The molecule has 1 aromatic rings. The summed E-state index contributed by atoms with van der Waals surface area (Å²) in [7, 11) is 0.120. The third-order valence-corrected chi connectivity index (χ3v) is 3.31. The molecule has 2 N–H and O–H groups in total. The van der Waals surface area contributed by atoms with E-state index in [0.29, 0.717) is 0 Å². The van der Waals surface area contributed by atoms with E-state index < -0.39 is 18.5 Å². The minimum Gasteiger partial charge on any atom is -0.438 e. The third kappa shape index (κ3) is 12.3. The van der Waals surface area contributed by atoms with Crippen LogP contribution >= 0.6 is 7.92 Å². The van der Waals surface area contributed by atoms with E-state index in [0.717, 1.165) is 0 Å². The van der Waals surface area contributed by atoms with Gasteiger partial charge in [0.05, 0.1) is 0 Å². The number of hydrogen-bond donors (Lipinski definition) is 0. The largest absolute Gasteiger partial charge is 0.438 e. The van der Waals surface area contributed by atoms with Gasteiger partial charge in [0.1, 0.15) is 0 Å². The van der Waals surface area contributed by atoms with E-state index in [9.17, 15) is 30.7 Å². The van der Waals surface area contributed by atoms with E-state index in [1.54, 1.807) is 0 Å². The number of rotatable bonds is 0. The molecule has 10 heteroatoms. The molecule has 1 nitrogen and oxygen atoms in total. The fraction of sp³-hybridized carbons (Fsp3) is 0.625. The first-order chi connectivity index (χ1) is 10.4. The van der Waals surface area contributed by atoms with Gasteiger partial charge >= 0.3 is 12.4 Å². The summed E-state index contributed by atoms with van der Waals surface area (Å²) in [5, 5.41) is 0. The number of halogens is 7. The third-order valence-electron chi connectivity index (χ3n) is 3.31. The molecule has 0 unspecified atom stereocenters. The molecule has 0 saturated carbocycles. The number of alkyl halides is 6. The van der Waals surface area contributed by atoms with Crippen LogP contribution in [0, 0.1) is 40.8 Å². The van der Waals surface area contributed by atoms with Crippen LogP contribution in [-0.4, -0.2) is 37.8 Å². The van der Waals surface area contributed by atoms with Crippen molar-refractivity contribution >= 4 is 7.92 Å². The molecule has 0 aliphatic carbocycles. The van der Waals surface area contributed by atoms with Crippen molar-refractivity contribution < 1.29 is 56.3 Å². The second kappa shape index (κ2) is 13.1. The van der Waals surface area contributed by atoms with Crippen LogP contribution in [0.3, 0.4) is 0 Å². The molecule has 1 aromatic carbocycles. The Labute approximate surface area is 165 Å². The normalized spacial score (nSPS) is 11.0. The zero-order chi connectivity index (χ0) is 20.0. The molecule has 1 rings (SSSR count). The van der Waals surface area contributed by atoms with E-state index >= 15 is 0 Å². The van der Waals surface area contributed by atoms with E-state index in [4.69, 9.17) is 0 Å². The van der Waals surface area contributed by atoms with Gasteiger partial charge in [-0.15, -0.1) is 0 Å². The molecule has 1 radical (unpaired) electrons. The molecule has 0 atom stereocenters. The SMILES string of the molecule is C[PH+](C)C.Cc1c(C)c(C)[c-](C)c1C.F[C-](C(F)(F)F)C(F)(F)F.O.[Ir]. The van der Waals surface area contributed by atoms with Crippen molar-refractivity contribution in [1.29, 1.82) is 0 Å². The van der Waals surface area contributed by atoms with Crippen molar-refractivity contribution in [1.82, 2.24) is 0 Å². The molecular weight excluding hydrogens is 564 g/mol. The molecule has 0 fully saturated rings. The molecule has 0 bridgehead atoms. The quantitative estimate of drug-likeness (QED) is 0.207. The Morgan fingerprint density at radius 2 is 0.962 bits per heavy atom. The van der Waals surface area contributed by atoms with Crippen LogP contribution in [0.4, 0.5) is 30.7 Å². The fourth-order valence-electron chi connectivity index (χ4n) is 1.57. The summed E-state index contributed by atoms with van der Waals surface area (Å²) < 4.78 is 76.0. The summed E-state index contributed by atoms with van der Waals surface area (Å²) in [6.07, 6.45) is -15.8. The molecule has 0 amide bonds. The van der Waals surface area contributed by atoms with Crippen LogP contribution in [0.15, 0.2) is 0 Å². The van der Waals surface area contributed by atoms with Gasteiger partial charge in [0.15, 0.2) is 0 Å². The van der Waals surface area contributed by atoms with Crippen LogP contribution in [0.1, 0.15) is 27.8 Å². The maximum Gasteiger partial charge on any atom is 0.307 e. The topological polar surface area (TPSA) is 31.5 Å². The first kappa shape index (κ1) is 33.5. The Kier molecular flexibility index (Phi) is 16.9. The van der Waals surface area contributed by atoms with Crippen LogP contribution in [-0.2, 0) is 20.1 Å². The summed E-state index contributed by atoms with van der Waals surface area (Å²) in [4.78, 5) is 0. The molecular formula is C16H27F7IrOP-. The minimum absolute atomic E-state index is 0. The first-order valence-electron chi connectivity index (χ1n) is 7.07. The smallest absolute Gasteiger partial charge is 0.307 e. The summed E-state index contributed by atoms with van der Waals surface area (Å²) in [5.74, 6) is 0. The van der Waals surface area contributed by atoms with Crippen molar-refractivity contribution in [2.45, 2.75) is 47.0 Å². The van der Waals surface area contributed by atoms with Crippen LogP contribution in [0.25, 0.3) is 0 Å². The van der Waals surface area contributed by atoms with E-state index in [1.807, 2.05) is 0 Å². The average Bonchev–Trinajstić information content (AvgIpc) is 2.54. The van der Waals surface area contributed by atoms with Crippen molar-refractivity contribution in [3.8, 4) is 0 Å². The zero-order valence-corrected chi connectivity index (χ0v) is 19.4. The van der Waals surface area contributed by atoms with Crippen molar-refractivity contribution in [3.63, 3.8) is 0 Å². The average molecular weight is 592 g/mol. The molecule has 0 aliphatic heterocycles. The molecule has 0 aliphatic rings. The van der Waals surface area contributed by atoms with Gasteiger partial charge in [0, 0.05) is 46.3 Å². The zero-order valence-electron chi connectivity index (χ0n) is 16.0. The summed E-state index contributed by atoms with van der Waals surface area (Å²) in [5.41, 5.74) is 7.34. The summed E-state index contributed by atoms with van der Waals surface area (Å²) >= 11 is 0. The second-order valence-electron chi connectivity index (χ2n) is 5.93. The Hall–Kier alpha value is -0.101. The number of hydrogen-bond acceptors (Lipinski definition) is 0. The van der Waals surface area contributed by atoms with Gasteiger partial charge in [-0.05, 0) is 7.92 Å². The van der Waals surface area contributed by atoms with Gasteiger partial charge in [-0.2, -0.15) is 27.8 Å². The molecule has 0 saturated heterocycles. The predicted molar refractivity (Wildman–Crippen MR) is 91.9 cm³/mol. The monoisotopic (exact) mass is 592 g/mol. The Balaban J connectivity index is -0.000000146. The fourth-order valence-corrected chi connectivity index (χ4v) is 1.57. The van der Waals surface area contributed by atoms with E-state index in [-0.39, 0.29) is 33.5 Å². The van der Waals surface area contributed by atoms with Crippen LogP contribution in [0.5, 0.6) is 0 Å². The second-order valence-corrected chi connectivity index (χ2v) is 8.93. The first-order valence-corrected chi connectivity index (χ1v) is 10.1. The van der Waals surface area contributed by atoms with Crippen LogP contribution in [0.2, 0.25) is 0 Å². The van der Waals surface area contributed by atoms with Crippen molar-refractivity contribution in [2.24, 2.45) is 0 Å². The Morgan fingerprint density at radius 3 is 1.00 bits per heavy atom. The summed E-state index contributed by atoms with van der Waals surface area (Å²) in [6, 6.07) is 0. The maximum atomic E-state index is 11.1. The van der Waals surface area contributed by atoms with Gasteiger partial charge in [0.2, 0.25) is 0 Å². The van der Waals surface area contributed by atoms with Gasteiger partial charge < -0.3 is 9.87 Å². The molecule has 26 heavy (non-hydrogen) atoms. The standard InChI is InChI=1S/C10H15.C3F7.C3H9P.Ir.H2O/c1-6-7(2)9(4)10(5)8(6)3;4-1(2(5,6)7)3(8,9)10;1-4(2)3;;/h1-5H3;;1-3H3;;1H2/q2*-1;;;/p+1. The van der Waals surface area contributed by atoms with Gasteiger partial charge in [-0.1, -0.05) is 34.6 Å².